The van der Waals surface area contributed by atoms with Crippen molar-refractivity contribution in [3.8, 4) is 0 Å². The maximum Gasteiger partial charge on any atom is 0.326 e. The van der Waals surface area contributed by atoms with Crippen LogP contribution in [0.3, 0.4) is 0 Å². The predicted molar refractivity (Wildman–Crippen MR) is 61.3 cm³/mol. The molecule has 0 aliphatic heterocycles. The zero-order chi connectivity index (χ0) is 14.3. The molecule has 0 saturated carbocycles. The average Bonchev–Trinajstić information content (AvgIpc) is 2.21. The fourth-order valence-electron chi connectivity index (χ4n) is 1.21. The molecule has 0 spiro atoms. The van der Waals surface area contributed by atoms with Crippen molar-refractivity contribution in [2.24, 2.45) is 5.73 Å². The van der Waals surface area contributed by atoms with E-state index in [1.54, 1.807) is 0 Å². The Kier molecular flexibility index (Phi) is 6.40. The Balaban J connectivity index is 4.40. The van der Waals surface area contributed by atoms with Crippen LogP contribution in [0, 0.1) is 0 Å². The van der Waals surface area contributed by atoms with Gasteiger partial charge in [-0.05, 0) is 13.3 Å². The number of hydrogen-bond acceptors (Lipinski definition) is 4. The number of primary amides is 1. The molecule has 0 rings (SSSR count). The fourth-order valence-corrected chi connectivity index (χ4v) is 1.21. The molecule has 0 radical (unpaired) electrons. The Hall–Kier alpha value is -2.12. The van der Waals surface area contributed by atoms with Gasteiger partial charge in [0.1, 0.15) is 12.1 Å². The van der Waals surface area contributed by atoms with E-state index in [0.717, 1.165) is 0 Å². The maximum absolute atomic E-state index is 11.5. The SMILES string of the molecule is CC(=O)NC(C)C(=O)N[C@@H](CCC(N)=O)C(=O)O. The molecule has 0 aromatic carbocycles. The molecule has 0 aliphatic carbocycles. The number of carboxylic acids is 1. The minimum Gasteiger partial charge on any atom is -0.480 e. The summed E-state index contributed by atoms with van der Waals surface area (Å²) >= 11 is 0. The Labute approximate surface area is 104 Å². The second-order valence-electron chi connectivity index (χ2n) is 3.83. The van der Waals surface area contributed by atoms with Crippen LogP contribution in [0.25, 0.3) is 0 Å². The van der Waals surface area contributed by atoms with Crippen LogP contribution >= 0.6 is 0 Å². The highest BCUT2D eigenvalue weighted by Crippen LogP contribution is 1.98. The number of carboxylic acid groups (broad SMARTS) is 1. The van der Waals surface area contributed by atoms with Crippen molar-refractivity contribution in [3.63, 3.8) is 0 Å². The van der Waals surface area contributed by atoms with E-state index < -0.39 is 35.8 Å². The fraction of sp³-hybridized carbons (Fsp3) is 0.600. The molecule has 0 fully saturated rings. The van der Waals surface area contributed by atoms with E-state index in [9.17, 15) is 19.2 Å². The first kappa shape index (κ1) is 15.9. The highest BCUT2D eigenvalue weighted by Gasteiger charge is 2.23. The van der Waals surface area contributed by atoms with E-state index in [-0.39, 0.29) is 12.8 Å². The van der Waals surface area contributed by atoms with Crippen molar-refractivity contribution >= 4 is 23.7 Å². The standard InChI is InChI=1S/C10H17N3O5/c1-5(12-6(2)14)9(16)13-7(10(17)18)3-4-8(11)15/h5,7H,3-4H2,1-2H3,(H2,11,15)(H,12,14)(H,13,16)(H,17,18)/t5?,7-/m0/s1. The Morgan fingerprint density at radius 2 is 1.78 bits per heavy atom. The van der Waals surface area contributed by atoms with Gasteiger partial charge in [-0.15, -0.1) is 0 Å². The Bertz CT molecular complexity index is 355. The quantitative estimate of drug-likeness (QED) is 0.433. The van der Waals surface area contributed by atoms with Gasteiger partial charge in [0.05, 0.1) is 0 Å². The molecule has 0 aromatic heterocycles. The monoisotopic (exact) mass is 259 g/mol. The van der Waals surface area contributed by atoms with Gasteiger partial charge in [-0.1, -0.05) is 0 Å². The topological polar surface area (TPSA) is 139 Å². The smallest absolute Gasteiger partial charge is 0.326 e. The molecule has 0 heterocycles. The van der Waals surface area contributed by atoms with E-state index in [1.165, 1.54) is 13.8 Å². The zero-order valence-corrected chi connectivity index (χ0v) is 10.2. The molecule has 2 atom stereocenters. The summed E-state index contributed by atoms with van der Waals surface area (Å²) in [4.78, 5) is 43.6. The number of hydrogen-bond donors (Lipinski definition) is 4. The second kappa shape index (κ2) is 7.25. The van der Waals surface area contributed by atoms with Gasteiger partial charge in [-0.2, -0.15) is 0 Å². The van der Waals surface area contributed by atoms with Gasteiger partial charge in [-0.25, -0.2) is 4.79 Å². The van der Waals surface area contributed by atoms with Gasteiger partial charge in [0, 0.05) is 13.3 Å². The van der Waals surface area contributed by atoms with Gasteiger partial charge in [0.2, 0.25) is 17.7 Å². The van der Waals surface area contributed by atoms with Crippen molar-refractivity contribution in [2.75, 3.05) is 0 Å². The van der Waals surface area contributed by atoms with E-state index in [4.69, 9.17) is 10.8 Å². The largest absolute Gasteiger partial charge is 0.480 e. The van der Waals surface area contributed by atoms with Crippen molar-refractivity contribution in [2.45, 2.75) is 38.8 Å². The van der Waals surface area contributed by atoms with E-state index >= 15 is 0 Å². The van der Waals surface area contributed by atoms with Crippen LogP contribution in [0.4, 0.5) is 0 Å². The van der Waals surface area contributed by atoms with E-state index in [0.29, 0.717) is 0 Å². The normalized spacial score (nSPS) is 13.2. The number of amides is 3. The third-order valence-electron chi connectivity index (χ3n) is 2.11. The molecule has 0 aromatic rings. The van der Waals surface area contributed by atoms with Crippen molar-refractivity contribution in [1.82, 2.24) is 10.6 Å². The molecular weight excluding hydrogens is 242 g/mol. The molecule has 0 bridgehead atoms. The first-order chi connectivity index (χ1) is 8.23. The van der Waals surface area contributed by atoms with Gasteiger partial charge in [0.15, 0.2) is 0 Å². The third kappa shape index (κ3) is 6.46. The molecule has 3 amide bonds. The third-order valence-corrected chi connectivity index (χ3v) is 2.11. The first-order valence-electron chi connectivity index (χ1n) is 5.32. The Morgan fingerprint density at radius 3 is 2.17 bits per heavy atom. The van der Waals surface area contributed by atoms with E-state index in [1.807, 2.05) is 0 Å². The lowest BCUT2D eigenvalue weighted by atomic mass is 10.1. The van der Waals surface area contributed by atoms with Crippen LogP contribution in [-0.4, -0.2) is 40.9 Å². The molecular formula is C10H17N3O5. The zero-order valence-electron chi connectivity index (χ0n) is 10.2. The van der Waals surface area contributed by atoms with Crippen molar-refractivity contribution in [1.29, 1.82) is 0 Å². The number of rotatable bonds is 7. The number of carbonyl (C=O) groups is 4. The molecule has 5 N–H and O–H groups in total. The average molecular weight is 259 g/mol. The van der Waals surface area contributed by atoms with Crippen LogP contribution < -0.4 is 16.4 Å². The first-order valence-corrected chi connectivity index (χ1v) is 5.32. The number of nitrogens with one attached hydrogen (secondary N) is 2. The summed E-state index contributed by atoms with van der Waals surface area (Å²) in [6.45, 7) is 2.66. The molecule has 8 nitrogen and oxygen atoms in total. The van der Waals surface area contributed by atoms with Gasteiger partial charge >= 0.3 is 5.97 Å². The summed E-state index contributed by atoms with van der Waals surface area (Å²) in [6.07, 6.45) is -0.241. The van der Waals surface area contributed by atoms with Crippen LogP contribution in [0.15, 0.2) is 0 Å². The summed E-state index contributed by atoms with van der Waals surface area (Å²) in [5.74, 6) is -2.95. The molecule has 8 heteroatoms. The Morgan fingerprint density at radius 1 is 1.22 bits per heavy atom. The number of aliphatic carboxylic acids is 1. The molecule has 0 saturated heterocycles. The summed E-state index contributed by atoms with van der Waals surface area (Å²) in [5, 5.41) is 13.4. The number of carbonyl (C=O) groups excluding carboxylic acids is 3. The molecule has 102 valence electrons. The predicted octanol–water partition coefficient (Wildman–Crippen LogP) is -1.65. The minimum atomic E-state index is -1.26. The lowest BCUT2D eigenvalue weighted by molar-refractivity contribution is -0.142. The summed E-state index contributed by atoms with van der Waals surface area (Å²) < 4.78 is 0. The lowest BCUT2D eigenvalue weighted by Gasteiger charge is -2.17. The summed E-state index contributed by atoms with van der Waals surface area (Å²) in [7, 11) is 0. The second-order valence-corrected chi connectivity index (χ2v) is 3.83. The number of nitrogens with two attached hydrogens (primary N) is 1. The van der Waals surface area contributed by atoms with Crippen LogP contribution in [0.1, 0.15) is 26.7 Å². The van der Waals surface area contributed by atoms with Gasteiger partial charge < -0.3 is 21.5 Å². The lowest BCUT2D eigenvalue weighted by Crippen LogP contribution is -2.50. The van der Waals surface area contributed by atoms with Crippen molar-refractivity contribution < 1.29 is 24.3 Å². The van der Waals surface area contributed by atoms with Gasteiger partial charge in [-0.3, -0.25) is 14.4 Å². The van der Waals surface area contributed by atoms with Crippen LogP contribution in [0.2, 0.25) is 0 Å². The van der Waals surface area contributed by atoms with Crippen LogP contribution in [0.5, 0.6) is 0 Å². The van der Waals surface area contributed by atoms with Crippen molar-refractivity contribution in [3.05, 3.63) is 0 Å². The minimum absolute atomic E-state index is 0.0940. The highest BCUT2D eigenvalue weighted by atomic mass is 16.4. The highest BCUT2D eigenvalue weighted by molar-refractivity contribution is 5.89. The molecule has 1 unspecified atom stereocenters. The summed E-state index contributed by atoms with van der Waals surface area (Å²) in [5.41, 5.74) is 4.90. The molecule has 0 aliphatic rings. The molecule has 18 heavy (non-hydrogen) atoms. The van der Waals surface area contributed by atoms with Crippen LogP contribution in [-0.2, 0) is 19.2 Å². The summed E-state index contributed by atoms with van der Waals surface area (Å²) in [6, 6.07) is -2.06. The van der Waals surface area contributed by atoms with E-state index in [2.05, 4.69) is 10.6 Å². The maximum atomic E-state index is 11.5. The van der Waals surface area contributed by atoms with Gasteiger partial charge in [0.25, 0.3) is 0 Å².